The first-order valence-corrected chi connectivity index (χ1v) is 9.93. The Morgan fingerprint density at radius 2 is 2.00 bits per heavy atom. The molecule has 0 amide bonds. The van der Waals surface area contributed by atoms with E-state index in [0.717, 1.165) is 11.3 Å². The maximum atomic E-state index is 12.8. The number of aromatic nitrogens is 1. The number of hydrogen-bond donors (Lipinski definition) is 1. The summed E-state index contributed by atoms with van der Waals surface area (Å²) in [6, 6.07) is 14.2. The number of fused-ring (bicyclic) bond motifs is 2. The molecular weight excluding hydrogens is 404 g/mol. The number of hydrogen-bond acceptors (Lipinski definition) is 5. The van der Waals surface area contributed by atoms with E-state index in [0.29, 0.717) is 40.1 Å². The van der Waals surface area contributed by atoms with Crippen LogP contribution < -0.4 is 10.3 Å². The summed E-state index contributed by atoms with van der Waals surface area (Å²) in [6.07, 6.45) is 3.39. The number of anilines is 1. The van der Waals surface area contributed by atoms with Crippen molar-refractivity contribution in [3.63, 3.8) is 0 Å². The van der Waals surface area contributed by atoms with Crippen LogP contribution in [0.5, 0.6) is 0 Å². The predicted octanol–water partition coefficient (Wildman–Crippen LogP) is 4.30. The van der Waals surface area contributed by atoms with Crippen molar-refractivity contribution in [1.82, 2.24) is 4.98 Å². The number of benzene rings is 2. The summed E-state index contributed by atoms with van der Waals surface area (Å²) in [5.74, 6) is -1.57. The highest BCUT2D eigenvalue weighted by Crippen LogP contribution is 2.36. The SMILES string of the molecule is O=C(O)[C@H]1CN(c2ccc3c(=O)c4cccc(Cl)c4oc3c2)CC1c1cccnc1. The molecule has 0 spiro atoms. The smallest absolute Gasteiger partial charge is 0.308 e. The Morgan fingerprint density at radius 1 is 1.13 bits per heavy atom. The maximum absolute atomic E-state index is 12.8. The zero-order valence-corrected chi connectivity index (χ0v) is 16.5. The first-order chi connectivity index (χ1) is 14.5. The van der Waals surface area contributed by atoms with E-state index in [1.165, 1.54) is 0 Å². The third kappa shape index (κ3) is 3.00. The molecule has 2 atom stereocenters. The second-order valence-corrected chi connectivity index (χ2v) is 7.88. The number of para-hydroxylation sites is 1. The number of pyridine rings is 1. The Hall–Kier alpha value is -3.38. The average molecular weight is 421 g/mol. The molecule has 150 valence electrons. The van der Waals surface area contributed by atoms with Gasteiger partial charge in [0.1, 0.15) is 5.58 Å². The van der Waals surface area contributed by atoms with Crippen LogP contribution in [0.4, 0.5) is 5.69 Å². The van der Waals surface area contributed by atoms with Gasteiger partial charge in [-0.05, 0) is 35.9 Å². The largest absolute Gasteiger partial charge is 0.481 e. The number of carbonyl (C=O) groups is 1. The average Bonchev–Trinajstić information content (AvgIpc) is 3.21. The molecule has 3 heterocycles. The van der Waals surface area contributed by atoms with Crippen LogP contribution in [0.25, 0.3) is 21.9 Å². The molecule has 7 heteroatoms. The van der Waals surface area contributed by atoms with E-state index in [2.05, 4.69) is 4.98 Å². The van der Waals surface area contributed by atoms with Crippen LogP contribution in [0, 0.1) is 5.92 Å². The molecule has 2 aromatic carbocycles. The lowest BCUT2D eigenvalue weighted by atomic mass is 9.90. The Labute approximate surface area is 176 Å². The lowest BCUT2D eigenvalue weighted by Gasteiger charge is -2.19. The quantitative estimate of drug-likeness (QED) is 0.497. The number of halogens is 1. The molecule has 0 aliphatic carbocycles. The van der Waals surface area contributed by atoms with E-state index in [4.69, 9.17) is 16.0 Å². The van der Waals surface area contributed by atoms with Crippen molar-refractivity contribution in [3.8, 4) is 0 Å². The summed E-state index contributed by atoms with van der Waals surface area (Å²) in [5, 5.41) is 11.0. The van der Waals surface area contributed by atoms with E-state index in [1.807, 2.05) is 23.1 Å². The van der Waals surface area contributed by atoms with Crippen LogP contribution >= 0.6 is 11.6 Å². The van der Waals surface area contributed by atoms with E-state index in [9.17, 15) is 14.7 Å². The molecule has 1 aliphatic heterocycles. The molecule has 5 rings (SSSR count). The lowest BCUT2D eigenvalue weighted by molar-refractivity contribution is -0.141. The topological polar surface area (TPSA) is 83.6 Å². The van der Waals surface area contributed by atoms with Crippen LogP contribution in [0.3, 0.4) is 0 Å². The van der Waals surface area contributed by atoms with Gasteiger partial charge in [0.05, 0.1) is 21.7 Å². The Kier molecular flexibility index (Phi) is 4.44. The molecule has 1 unspecified atom stereocenters. The van der Waals surface area contributed by atoms with Crippen molar-refractivity contribution in [2.45, 2.75) is 5.92 Å². The first-order valence-electron chi connectivity index (χ1n) is 9.55. The number of aliphatic carboxylic acids is 1. The highest BCUT2D eigenvalue weighted by Gasteiger charge is 2.39. The molecule has 0 saturated carbocycles. The molecule has 1 fully saturated rings. The molecular formula is C23H17ClN2O4. The van der Waals surface area contributed by atoms with Crippen molar-refractivity contribution < 1.29 is 14.3 Å². The second-order valence-electron chi connectivity index (χ2n) is 7.47. The molecule has 0 bridgehead atoms. The van der Waals surface area contributed by atoms with Gasteiger partial charge in [0.2, 0.25) is 5.43 Å². The van der Waals surface area contributed by atoms with Crippen molar-refractivity contribution >= 4 is 45.2 Å². The summed E-state index contributed by atoms with van der Waals surface area (Å²) in [5.41, 5.74) is 2.34. The first kappa shape index (κ1) is 18.6. The zero-order valence-electron chi connectivity index (χ0n) is 15.8. The Morgan fingerprint density at radius 3 is 2.77 bits per heavy atom. The molecule has 2 aromatic heterocycles. The molecule has 1 N–H and O–H groups in total. The fourth-order valence-electron chi connectivity index (χ4n) is 4.22. The second kappa shape index (κ2) is 7.15. The van der Waals surface area contributed by atoms with Crippen molar-refractivity contribution in [2.75, 3.05) is 18.0 Å². The third-order valence-corrected chi connectivity index (χ3v) is 6.05. The molecule has 0 radical (unpaired) electrons. The van der Waals surface area contributed by atoms with Gasteiger partial charge in [0, 0.05) is 43.2 Å². The van der Waals surface area contributed by atoms with Gasteiger partial charge in [-0.1, -0.05) is 23.7 Å². The Bertz CT molecular complexity index is 1340. The fourth-order valence-corrected chi connectivity index (χ4v) is 4.44. The summed E-state index contributed by atoms with van der Waals surface area (Å²) in [6.45, 7) is 0.895. The van der Waals surface area contributed by atoms with Gasteiger partial charge >= 0.3 is 5.97 Å². The predicted molar refractivity (Wildman–Crippen MR) is 115 cm³/mol. The molecule has 6 nitrogen and oxygen atoms in total. The fraction of sp³-hybridized carbons (Fsp3) is 0.174. The number of nitrogens with zero attached hydrogens (tertiary/aromatic N) is 2. The number of carboxylic acid groups (broad SMARTS) is 1. The van der Waals surface area contributed by atoms with Gasteiger partial charge in [-0.2, -0.15) is 0 Å². The summed E-state index contributed by atoms with van der Waals surface area (Å²) in [7, 11) is 0. The van der Waals surface area contributed by atoms with Crippen molar-refractivity contribution in [3.05, 3.63) is 81.7 Å². The minimum Gasteiger partial charge on any atom is -0.481 e. The van der Waals surface area contributed by atoms with Crippen LogP contribution in [0.1, 0.15) is 11.5 Å². The van der Waals surface area contributed by atoms with Gasteiger partial charge in [-0.15, -0.1) is 0 Å². The van der Waals surface area contributed by atoms with Gasteiger partial charge in [0.15, 0.2) is 5.58 Å². The third-order valence-electron chi connectivity index (χ3n) is 5.75. The minimum atomic E-state index is -0.837. The maximum Gasteiger partial charge on any atom is 0.308 e. The molecule has 4 aromatic rings. The normalized spacial score (nSPS) is 18.9. The highest BCUT2D eigenvalue weighted by atomic mass is 35.5. The van der Waals surface area contributed by atoms with Gasteiger partial charge in [0.25, 0.3) is 0 Å². The van der Waals surface area contributed by atoms with Crippen molar-refractivity contribution in [1.29, 1.82) is 0 Å². The van der Waals surface area contributed by atoms with Gasteiger partial charge in [-0.3, -0.25) is 14.6 Å². The molecule has 30 heavy (non-hydrogen) atoms. The van der Waals surface area contributed by atoms with Gasteiger partial charge < -0.3 is 14.4 Å². The van der Waals surface area contributed by atoms with Gasteiger partial charge in [-0.25, -0.2) is 0 Å². The molecule has 1 saturated heterocycles. The minimum absolute atomic E-state index is 0.140. The summed E-state index contributed by atoms with van der Waals surface area (Å²) in [4.78, 5) is 30.9. The van der Waals surface area contributed by atoms with E-state index >= 15 is 0 Å². The van der Waals surface area contributed by atoms with Crippen LogP contribution in [0.2, 0.25) is 5.02 Å². The van der Waals surface area contributed by atoms with E-state index < -0.39 is 11.9 Å². The number of carboxylic acids is 1. The summed E-state index contributed by atoms with van der Waals surface area (Å²) >= 11 is 6.22. The van der Waals surface area contributed by atoms with Crippen molar-refractivity contribution in [2.24, 2.45) is 5.92 Å². The van der Waals surface area contributed by atoms with Crippen LogP contribution in [-0.4, -0.2) is 29.1 Å². The standard InChI is InChI=1S/C23H17ClN2O4/c24-19-5-1-4-16-21(27)15-7-6-14(9-20(15)30-22(16)19)26-11-17(18(12-26)23(28)29)13-3-2-8-25-10-13/h1-10,17-18H,11-12H2,(H,28,29)/t17?,18-/m0/s1. The zero-order chi connectivity index (χ0) is 20.8. The van der Waals surface area contributed by atoms with Crippen LogP contribution in [-0.2, 0) is 4.79 Å². The highest BCUT2D eigenvalue weighted by molar-refractivity contribution is 6.34. The van der Waals surface area contributed by atoms with E-state index in [-0.39, 0.29) is 11.3 Å². The van der Waals surface area contributed by atoms with E-state index in [1.54, 1.807) is 42.7 Å². The number of rotatable bonds is 3. The summed E-state index contributed by atoms with van der Waals surface area (Å²) < 4.78 is 5.96. The Balaban J connectivity index is 1.58. The molecule has 1 aliphatic rings. The van der Waals surface area contributed by atoms with Crippen LogP contribution in [0.15, 0.2) is 70.1 Å². The monoisotopic (exact) mass is 420 g/mol. The lowest BCUT2D eigenvalue weighted by Crippen LogP contribution is -2.23.